The molecule has 0 fully saturated rings. The Morgan fingerprint density at radius 1 is 1.05 bits per heavy atom. The maximum absolute atomic E-state index is 6.25. The number of fused-ring (bicyclic) bond motifs is 1. The average Bonchev–Trinajstić information content (AvgIpc) is 2.41. The zero-order valence-electron chi connectivity index (χ0n) is 9.90. The molecule has 0 amide bonds. The van der Waals surface area contributed by atoms with Gasteiger partial charge in [-0.25, -0.2) is 4.98 Å². The number of nitrogen functional groups attached to an aromatic ring is 1. The van der Waals surface area contributed by atoms with E-state index >= 15 is 0 Å². The first-order valence-corrected chi connectivity index (χ1v) is 6.93. The largest absolute Gasteiger partial charge is 0.398 e. The van der Waals surface area contributed by atoms with Gasteiger partial charge in [0, 0.05) is 21.1 Å². The lowest BCUT2D eigenvalue weighted by atomic mass is 10.1. The molecule has 2 N–H and O–H groups in total. The van der Waals surface area contributed by atoms with Crippen molar-refractivity contribution < 1.29 is 0 Å². The van der Waals surface area contributed by atoms with Crippen molar-refractivity contribution >= 4 is 44.1 Å². The van der Waals surface area contributed by atoms with Gasteiger partial charge in [-0.15, -0.1) is 0 Å². The summed E-state index contributed by atoms with van der Waals surface area (Å²) in [5, 5.41) is 1.45. The van der Waals surface area contributed by atoms with Crippen molar-refractivity contribution in [3.8, 4) is 11.3 Å². The normalized spacial score (nSPS) is 10.8. The topological polar surface area (TPSA) is 38.9 Å². The summed E-state index contributed by atoms with van der Waals surface area (Å²) in [7, 11) is 0. The zero-order chi connectivity index (χ0) is 13.4. The fourth-order valence-electron chi connectivity index (χ4n) is 2.03. The first kappa shape index (κ1) is 12.5. The first-order chi connectivity index (χ1) is 9.15. The van der Waals surface area contributed by atoms with Crippen LogP contribution in [0.5, 0.6) is 0 Å². The minimum atomic E-state index is 0.592. The molecule has 0 saturated heterocycles. The maximum atomic E-state index is 6.25. The summed E-state index contributed by atoms with van der Waals surface area (Å²) in [6.07, 6.45) is 0. The molecule has 94 valence electrons. The number of pyridine rings is 1. The number of aromatic nitrogens is 1. The second-order valence-corrected chi connectivity index (χ2v) is 5.57. The molecular formula is C15H10BrClN2. The molecule has 2 aromatic carbocycles. The van der Waals surface area contributed by atoms with E-state index in [1.54, 1.807) is 0 Å². The Labute approximate surface area is 124 Å². The fourth-order valence-corrected chi connectivity index (χ4v) is 2.89. The number of rotatable bonds is 1. The van der Waals surface area contributed by atoms with Crippen LogP contribution in [0.4, 0.5) is 5.69 Å². The Morgan fingerprint density at radius 2 is 1.79 bits per heavy atom. The van der Waals surface area contributed by atoms with Crippen molar-refractivity contribution in [3.63, 3.8) is 0 Å². The first-order valence-electron chi connectivity index (χ1n) is 5.76. The van der Waals surface area contributed by atoms with E-state index in [0.717, 1.165) is 26.6 Å². The molecule has 0 bridgehead atoms. The highest BCUT2D eigenvalue weighted by Gasteiger charge is 2.09. The van der Waals surface area contributed by atoms with Gasteiger partial charge in [-0.05, 0) is 18.2 Å². The van der Waals surface area contributed by atoms with E-state index < -0.39 is 0 Å². The lowest BCUT2D eigenvalue weighted by Gasteiger charge is -2.08. The molecule has 4 heteroatoms. The smallest absolute Gasteiger partial charge is 0.0917 e. The molecule has 2 nitrogen and oxygen atoms in total. The average molecular weight is 334 g/mol. The quantitative estimate of drug-likeness (QED) is 0.688. The molecule has 1 heterocycles. The number of nitrogens with zero attached hydrogens (tertiary/aromatic N) is 1. The minimum absolute atomic E-state index is 0.592. The van der Waals surface area contributed by atoms with E-state index in [1.165, 1.54) is 0 Å². The van der Waals surface area contributed by atoms with Gasteiger partial charge in [-0.3, -0.25) is 0 Å². The van der Waals surface area contributed by atoms with Gasteiger partial charge in [0.1, 0.15) is 0 Å². The van der Waals surface area contributed by atoms with Crippen LogP contribution in [-0.2, 0) is 0 Å². The van der Waals surface area contributed by atoms with Gasteiger partial charge < -0.3 is 5.73 Å². The van der Waals surface area contributed by atoms with Crippen molar-refractivity contribution in [2.24, 2.45) is 0 Å². The van der Waals surface area contributed by atoms with Crippen LogP contribution in [0.25, 0.3) is 22.2 Å². The van der Waals surface area contributed by atoms with Crippen LogP contribution >= 0.6 is 27.5 Å². The molecule has 19 heavy (non-hydrogen) atoms. The summed E-state index contributed by atoms with van der Waals surface area (Å²) in [6, 6.07) is 15.5. The van der Waals surface area contributed by atoms with Gasteiger partial charge in [0.15, 0.2) is 0 Å². The minimum Gasteiger partial charge on any atom is -0.398 e. The highest BCUT2D eigenvalue weighted by molar-refractivity contribution is 9.10. The van der Waals surface area contributed by atoms with Gasteiger partial charge in [-0.1, -0.05) is 57.9 Å². The Morgan fingerprint density at radius 3 is 2.53 bits per heavy atom. The Kier molecular flexibility index (Phi) is 3.17. The summed E-state index contributed by atoms with van der Waals surface area (Å²) in [5.41, 5.74) is 9.36. The van der Waals surface area contributed by atoms with Gasteiger partial charge >= 0.3 is 0 Å². The number of halogens is 2. The Bertz CT molecular complexity index is 757. The summed E-state index contributed by atoms with van der Waals surface area (Å²) < 4.78 is 0.894. The monoisotopic (exact) mass is 332 g/mol. The fraction of sp³-hybridized carbons (Fsp3) is 0. The Hall–Kier alpha value is -1.58. The number of anilines is 1. The van der Waals surface area contributed by atoms with Crippen LogP contribution in [0.3, 0.4) is 0 Å². The van der Waals surface area contributed by atoms with Crippen molar-refractivity contribution in [2.75, 3.05) is 5.73 Å². The van der Waals surface area contributed by atoms with Crippen molar-refractivity contribution in [1.82, 2.24) is 4.98 Å². The second-order valence-electron chi connectivity index (χ2n) is 4.25. The van der Waals surface area contributed by atoms with E-state index in [0.29, 0.717) is 10.7 Å². The van der Waals surface area contributed by atoms with Crippen LogP contribution in [0.2, 0.25) is 5.02 Å². The third-order valence-electron chi connectivity index (χ3n) is 2.93. The van der Waals surface area contributed by atoms with Crippen molar-refractivity contribution in [2.45, 2.75) is 0 Å². The van der Waals surface area contributed by atoms with Crippen molar-refractivity contribution in [1.29, 1.82) is 0 Å². The third kappa shape index (κ3) is 2.31. The number of hydrogen-bond donors (Lipinski definition) is 1. The number of benzene rings is 2. The van der Waals surface area contributed by atoms with Crippen LogP contribution in [-0.4, -0.2) is 4.98 Å². The van der Waals surface area contributed by atoms with Gasteiger partial charge in [0.25, 0.3) is 0 Å². The van der Waals surface area contributed by atoms with Gasteiger partial charge in [0.2, 0.25) is 0 Å². The zero-order valence-corrected chi connectivity index (χ0v) is 12.2. The molecule has 0 spiro atoms. The number of nitrogens with two attached hydrogens (primary N) is 1. The highest BCUT2D eigenvalue weighted by Crippen LogP contribution is 2.33. The second kappa shape index (κ2) is 4.83. The van der Waals surface area contributed by atoms with Crippen LogP contribution in [0.1, 0.15) is 0 Å². The lowest BCUT2D eigenvalue weighted by Crippen LogP contribution is -1.93. The predicted molar refractivity (Wildman–Crippen MR) is 84.3 cm³/mol. The molecule has 0 radical (unpaired) electrons. The maximum Gasteiger partial charge on any atom is 0.0917 e. The third-order valence-corrected chi connectivity index (χ3v) is 3.68. The van der Waals surface area contributed by atoms with Crippen molar-refractivity contribution in [3.05, 3.63) is 58.0 Å². The molecule has 0 atom stereocenters. The molecule has 1 aromatic heterocycles. The molecule has 0 aliphatic rings. The molecular weight excluding hydrogens is 324 g/mol. The molecule has 0 saturated carbocycles. The van der Waals surface area contributed by atoms with Crippen LogP contribution in [0.15, 0.2) is 53.0 Å². The van der Waals surface area contributed by atoms with E-state index in [4.69, 9.17) is 17.3 Å². The Balaban J connectivity index is 2.31. The van der Waals surface area contributed by atoms with E-state index in [1.807, 2.05) is 48.5 Å². The lowest BCUT2D eigenvalue weighted by molar-refractivity contribution is 1.40. The van der Waals surface area contributed by atoms with E-state index in [2.05, 4.69) is 20.9 Å². The molecule has 0 unspecified atom stereocenters. The summed E-state index contributed by atoms with van der Waals surface area (Å²) >= 11 is 9.66. The molecule has 0 aliphatic heterocycles. The summed E-state index contributed by atoms with van der Waals surface area (Å²) in [4.78, 5) is 4.61. The summed E-state index contributed by atoms with van der Waals surface area (Å²) in [5.74, 6) is 0. The summed E-state index contributed by atoms with van der Waals surface area (Å²) in [6.45, 7) is 0. The van der Waals surface area contributed by atoms with Crippen LogP contribution in [0, 0.1) is 0 Å². The van der Waals surface area contributed by atoms with Crippen LogP contribution < -0.4 is 5.73 Å². The molecule has 0 aliphatic carbocycles. The van der Waals surface area contributed by atoms with E-state index in [9.17, 15) is 0 Å². The molecule has 3 rings (SSSR count). The number of hydrogen-bond acceptors (Lipinski definition) is 2. The highest BCUT2D eigenvalue weighted by atomic mass is 79.9. The predicted octanol–water partition coefficient (Wildman–Crippen LogP) is 4.90. The standard InChI is InChI=1S/C15H10BrClN2/c16-10-6-11-13(18)8-14(9-4-2-1-3-5-9)19-15(11)12(17)7-10/h1-8H,(H2,18,19). The van der Waals surface area contributed by atoms with Gasteiger partial charge in [-0.2, -0.15) is 0 Å². The SMILES string of the molecule is Nc1cc(-c2ccccc2)nc2c(Cl)cc(Br)cc12. The van der Waals surface area contributed by atoms with Gasteiger partial charge in [0.05, 0.1) is 16.2 Å². The molecule has 3 aromatic rings. The van der Waals surface area contributed by atoms with E-state index in [-0.39, 0.29) is 0 Å².